The number of hydrogen-bond acceptors (Lipinski definition) is 3. The molecule has 0 bridgehead atoms. The van der Waals surface area contributed by atoms with Crippen LogP contribution in [-0.4, -0.2) is 47.6 Å². The van der Waals surface area contributed by atoms with Crippen molar-refractivity contribution < 1.29 is 23.1 Å². The molecule has 1 saturated heterocycles. The number of ether oxygens (including phenoxy) is 1. The second-order valence-corrected chi connectivity index (χ2v) is 7.27. The fourth-order valence-corrected chi connectivity index (χ4v) is 2.64. The number of nitrogens with zero attached hydrogens (tertiary/aromatic N) is 1. The molecule has 146 valence electrons. The SMILES string of the molecule is C=C/C=C(C)/C(=C/C)C(=O)NC1CCN(C(=O)OC(C)(C)C)CC1(F)F. The van der Waals surface area contributed by atoms with Gasteiger partial charge in [-0.25, -0.2) is 13.6 Å². The molecule has 0 aliphatic carbocycles. The van der Waals surface area contributed by atoms with E-state index in [4.69, 9.17) is 4.74 Å². The maximum absolute atomic E-state index is 14.5. The zero-order chi connectivity index (χ0) is 20.1. The van der Waals surface area contributed by atoms with Crippen molar-refractivity contribution in [3.8, 4) is 0 Å². The molecule has 0 radical (unpaired) electrons. The Hall–Kier alpha value is -2.18. The van der Waals surface area contributed by atoms with E-state index in [-0.39, 0.29) is 13.0 Å². The highest BCUT2D eigenvalue weighted by atomic mass is 19.3. The average molecular weight is 370 g/mol. The first kappa shape index (κ1) is 21.9. The standard InChI is InChI=1S/C19H28F2N2O3/c1-7-9-13(3)14(8-2)16(24)22-15-10-11-23(12-19(15,20)21)17(25)26-18(4,5)6/h7-9,15H,1,10-12H2,2-6H3,(H,22,24)/b13-9+,14-8-. The van der Waals surface area contributed by atoms with E-state index in [1.807, 2.05) is 0 Å². The van der Waals surface area contributed by atoms with E-state index in [2.05, 4.69) is 11.9 Å². The van der Waals surface area contributed by atoms with Gasteiger partial charge in [0.05, 0.1) is 12.6 Å². The van der Waals surface area contributed by atoms with Crippen LogP contribution >= 0.6 is 0 Å². The van der Waals surface area contributed by atoms with Crippen LogP contribution in [0.5, 0.6) is 0 Å². The first-order chi connectivity index (χ1) is 11.9. The number of nitrogens with one attached hydrogen (secondary N) is 1. The minimum atomic E-state index is -3.25. The summed E-state index contributed by atoms with van der Waals surface area (Å²) in [6.45, 7) is 11.3. The molecule has 1 unspecified atom stereocenters. The summed E-state index contributed by atoms with van der Waals surface area (Å²) < 4.78 is 34.1. The highest BCUT2D eigenvalue weighted by Crippen LogP contribution is 2.29. The van der Waals surface area contributed by atoms with Crippen molar-refractivity contribution in [2.45, 2.75) is 58.6 Å². The molecule has 1 rings (SSSR count). The number of alkyl halides is 2. The van der Waals surface area contributed by atoms with E-state index < -0.39 is 36.1 Å². The summed E-state index contributed by atoms with van der Waals surface area (Å²) in [5, 5.41) is 2.40. The second-order valence-electron chi connectivity index (χ2n) is 7.27. The summed E-state index contributed by atoms with van der Waals surface area (Å²) in [4.78, 5) is 25.3. The molecule has 26 heavy (non-hydrogen) atoms. The lowest BCUT2D eigenvalue weighted by molar-refractivity contribution is -0.126. The van der Waals surface area contributed by atoms with Crippen molar-refractivity contribution in [2.75, 3.05) is 13.1 Å². The van der Waals surface area contributed by atoms with Gasteiger partial charge in [0.2, 0.25) is 0 Å². The van der Waals surface area contributed by atoms with Crippen LogP contribution in [0.2, 0.25) is 0 Å². The molecule has 1 aliphatic heterocycles. The lowest BCUT2D eigenvalue weighted by Crippen LogP contribution is -2.59. The molecule has 1 N–H and O–H groups in total. The molecule has 1 aliphatic rings. The molecule has 1 atom stereocenters. The molecule has 0 aromatic rings. The smallest absolute Gasteiger partial charge is 0.410 e. The monoisotopic (exact) mass is 370 g/mol. The third kappa shape index (κ3) is 5.97. The maximum Gasteiger partial charge on any atom is 0.410 e. The first-order valence-corrected chi connectivity index (χ1v) is 8.54. The van der Waals surface area contributed by atoms with Crippen LogP contribution in [0.4, 0.5) is 13.6 Å². The summed E-state index contributed by atoms with van der Waals surface area (Å²) in [7, 11) is 0. The van der Waals surface area contributed by atoms with Crippen LogP contribution in [0, 0.1) is 0 Å². The van der Waals surface area contributed by atoms with Gasteiger partial charge in [0, 0.05) is 12.1 Å². The van der Waals surface area contributed by atoms with Gasteiger partial charge in [-0.2, -0.15) is 0 Å². The molecule has 2 amide bonds. The Bertz CT molecular complexity index is 619. The van der Waals surface area contributed by atoms with Crippen molar-refractivity contribution >= 4 is 12.0 Å². The highest BCUT2D eigenvalue weighted by Gasteiger charge is 2.47. The Kier molecular flexibility index (Phi) is 7.12. The molecular weight excluding hydrogens is 342 g/mol. The summed E-state index contributed by atoms with van der Waals surface area (Å²) in [5.41, 5.74) is 0.192. The van der Waals surface area contributed by atoms with Crippen LogP contribution in [0.15, 0.2) is 36.0 Å². The number of rotatable bonds is 4. The van der Waals surface area contributed by atoms with Crippen molar-refractivity contribution in [3.63, 3.8) is 0 Å². The largest absolute Gasteiger partial charge is 0.444 e. The second kappa shape index (κ2) is 8.47. The van der Waals surface area contributed by atoms with Crippen LogP contribution in [0.1, 0.15) is 41.0 Å². The number of amides is 2. The first-order valence-electron chi connectivity index (χ1n) is 8.54. The third-order valence-corrected chi connectivity index (χ3v) is 3.88. The number of carbonyl (C=O) groups is 2. The zero-order valence-electron chi connectivity index (χ0n) is 16.1. The van der Waals surface area contributed by atoms with Crippen LogP contribution in [0.25, 0.3) is 0 Å². The van der Waals surface area contributed by atoms with Gasteiger partial charge >= 0.3 is 6.09 Å². The highest BCUT2D eigenvalue weighted by molar-refractivity contribution is 5.97. The Morgan fingerprint density at radius 2 is 1.96 bits per heavy atom. The lowest BCUT2D eigenvalue weighted by Gasteiger charge is -2.39. The fraction of sp³-hybridized carbons (Fsp3) is 0.579. The van der Waals surface area contributed by atoms with Gasteiger partial charge in [0.1, 0.15) is 5.60 Å². The van der Waals surface area contributed by atoms with Crippen molar-refractivity contribution in [2.24, 2.45) is 0 Å². The van der Waals surface area contributed by atoms with Crippen LogP contribution < -0.4 is 5.32 Å². The van der Waals surface area contributed by atoms with E-state index >= 15 is 0 Å². The topological polar surface area (TPSA) is 58.6 Å². The molecule has 0 aromatic heterocycles. The minimum absolute atomic E-state index is 0.0564. The molecule has 0 saturated carbocycles. The summed E-state index contributed by atoms with van der Waals surface area (Å²) >= 11 is 0. The van der Waals surface area contributed by atoms with E-state index in [1.165, 1.54) is 6.08 Å². The fourth-order valence-electron chi connectivity index (χ4n) is 2.64. The molecule has 0 aromatic carbocycles. The maximum atomic E-state index is 14.5. The van der Waals surface area contributed by atoms with Gasteiger partial charge in [-0.3, -0.25) is 4.79 Å². The number of halogens is 2. The molecular formula is C19H28F2N2O3. The normalized spacial score (nSPS) is 21.2. The lowest BCUT2D eigenvalue weighted by atomic mass is 9.99. The molecule has 0 spiro atoms. The Balaban J connectivity index is 2.80. The Labute approximate surface area is 153 Å². The van der Waals surface area contributed by atoms with Gasteiger partial charge < -0.3 is 15.0 Å². The van der Waals surface area contributed by atoms with E-state index in [0.717, 1.165) is 4.90 Å². The average Bonchev–Trinajstić information content (AvgIpc) is 2.48. The zero-order valence-corrected chi connectivity index (χ0v) is 16.1. The number of piperidine rings is 1. The van der Waals surface area contributed by atoms with Crippen LogP contribution in [-0.2, 0) is 9.53 Å². The Morgan fingerprint density at radius 3 is 2.42 bits per heavy atom. The summed E-state index contributed by atoms with van der Waals surface area (Å²) in [6.07, 6.45) is 3.90. The van der Waals surface area contributed by atoms with Gasteiger partial charge in [0.15, 0.2) is 0 Å². The quantitative estimate of drug-likeness (QED) is 0.604. The molecule has 1 heterocycles. The van der Waals surface area contributed by atoms with Gasteiger partial charge in [0.25, 0.3) is 11.8 Å². The number of hydrogen-bond donors (Lipinski definition) is 1. The van der Waals surface area contributed by atoms with Gasteiger partial charge in [-0.15, -0.1) is 0 Å². The predicted molar refractivity (Wildman–Crippen MR) is 97.0 cm³/mol. The van der Waals surface area contributed by atoms with Crippen LogP contribution in [0.3, 0.4) is 0 Å². The molecule has 1 fully saturated rings. The minimum Gasteiger partial charge on any atom is -0.444 e. The van der Waals surface area contributed by atoms with E-state index in [0.29, 0.717) is 11.1 Å². The Morgan fingerprint density at radius 1 is 1.35 bits per heavy atom. The summed E-state index contributed by atoms with van der Waals surface area (Å²) in [5.74, 6) is -3.82. The molecule has 7 heteroatoms. The summed E-state index contributed by atoms with van der Waals surface area (Å²) in [6, 6.07) is -1.35. The van der Waals surface area contributed by atoms with E-state index in [9.17, 15) is 18.4 Å². The van der Waals surface area contributed by atoms with Gasteiger partial charge in [-0.05, 0) is 46.6 Å². The van der Waals surface area contributed by atoms with Crippen molar-refractivity contribution in [3.05, 3.63) is 36.0 Å². The molecule has 5 nitrogen and oxygen atoms in total. The third-order valence-electron chi connectivity index (χ3n) is 3.88. The van der Waals surface area contributed by atoms with Crippen molar-refractivity contribution in [1.29, 1.82) is 0 Å². The van der Waals surface area contributed by atoms with Crippen molar-refractivity contribution in [1.82, 2.24) is 10.2 Å². The van der Waals surface area contributed by atoms with E-state index in [1.54, 1.807) is 46.8 Å². The van der Waals surface area contributed by atoms with Gasteiger partial charge in [-0.1, -0.05) is 24.8 Å². The number of allylic oxidation sites excluding steroid dienone is 3. The number of carbonyl (C=O) groups excluding carboxylic acids is 2. The number of likely N-dealkylation sites (tertiary alicyclic amines) is 1. The predicted octanol–water partition coefficient (Wildman–Crippen LogP) is 3.83.